The lowest BCUT2D eigenvalue weighted by molar-refractivity contribution is 0.0604. The van der Waals surface area contributed by atoms with Crippen molar-refractivity contribution in [2.45, 2.75) is 19.4 Å². The van der Waals surface area contributed by atoms with Crippen molar-refractivity contribution in [2.75, 3.05) is 26.2 Å². The second kappa shape index (κ2) is 7.21. The number of carbonyl (C=O) groups is 1. The van der Waals surface area contributed by atoms with Gasteiger partial charge in [0.25, 0.3) is 5.91 Å². The Bertz CT molecular complexity index is 567. The minimum absolute atomic E-state index is 0.0709. The predicted molar refractivity (Wildman–Crippen MR) is 84.1 cm³/mol. The van der Waals surface area contributed by atoms with E-state index in [9.17, 15) is 4.79 Å². The zero-order valence-electron chi connectivity index (χ0n) is 11.7. The molecule has 2 heterocycles. The first-order valence-corrected chi connectivity index (χ1v) is 7.98. The van der Waals surface area contributed by atoms with E-state index in [1.54, 1.807) is 17.2 Å². The molecule has 1 aromatic rings. The molecule has 1 aromatic heterocycles. The van der Waals surface area contributed by atoms with Gasteiger partial charge in [0.2, 0.25) is 0 Å². The fourth-order valence-corrected chi connectivity index (χ4v) is 2.93. The van der Waals surface area contributed by atoms with Gasteiger partial charge >= 0.3 is 0 Å². The number of piperazine rings is 1. The highest BCUT2D eigenvalue weighted by Gasteiger charge is 2.27. The average Bonchev–Trinajstić information content (AvgIpc) is 2.51. The SMILES string of the molecule is CCC(C#N)N1CCN(C(=O)c2cc(Br)cnc2Cl)CC1. The van der Waals surface area contributed by atoms with Gasteiger partial charge in [-0.05, 0) is 28.4 Å². The first-order valence-electron chi connectivity index (χ1n) is 6.80. The summed E-state index contributed by atoms with van der Waals surface area (Å²) >= 11 is 9.30. The van der Waals surface area contributed by atoms with Crippen LogP contribution in [-0.4, -0.2) is 52.9 Å². The lowest BCUT2D eigenvalue weighted by Gasteiger charge is -2.36. The Hall–Kier alpha value is -1.16. The minimum atomic E-state index is -0.113. The van der Waals surface area contributed by atoms with Gasteiger partial charge in [-0.1, -0.05) is 18.5 Å². The molecule has 1 amide bonds. The summed E-state index contributed by atoms with van der Waals surface area (Å²) in [6.45, 7) is 4.60. The summed E-state index contributed by atoms with van der Waals surface area (Å²) in [6.07, 6.45) is 2.36. The van der Waals surface area contributed by atoms with Crippen LogP contribution >= 0.6 is 27.5 Å². The van der Waals surface area contributed by atoms with Crippen LogP contribution in [0.5, 0.6) is 0 Å². The summed E-state index contributed by atoms with van der Waals surface area (Å²) < 4.78 is 0.726. The summed E-state index contributed by atoms with van der Waals surface area (Å²) in [7, 11) is 0. The van der Waals surface area contributed by atoms with Crippen molar-refractivity contribution in [1.29, 1.82) is 5.26 Å². The number of hydrogen-bond donors (Lipinski definition) is 0. The van der Waals surface area contributed by atoms with E-state index in [1.165, 1.54) is 0 Å². The van der Waals surface area contributed by atoms with Crippen LogP contribution < -0.4 is 0 Å². The lowest BCUT2D eigenvalue weighted by atomic mass is 10.1. The molecule has 5 nitrogen and oxygen atoms in total. The molecule has 1 saturated heterocycles. The van der Waals surface area contributed by atoms with Crippen molar-refractivity contribution in [1.82, 2.24) is 14.8 Å². The minimum Gasteiger partial charge on any atom is -0.336 e. The monoisotopic (exact) mass is 370 g/mol. The summed E-state index contributed by atoms with van der Waals surface area (Å²) in [6, 6.07) is 3.92. The topological polar surface area (TPSA) is 60.2 Å². The maximum atomic E-state index is 12.5. The van der Waals surface area contributed by atoms with Gasteiger partial charge in [-0.15, -0.1) is 0 Å². The van der Waals surface area contributed by atoms with E-state index in [2.05, 4.69) is 31.9 Å². The number of halogens is 2. The molecule has 0 spiro atoms. The van der Waals surface area contributed by atoms with E-state index in [-0.39, 0.29) is 17.1 Å². The molecule has 0 aliphatic carbocycles. The molecule has 2 rings (SSSR count). The molecule has 0 saturated carbocycles. The summed E-state index contributed by atoms with van der Waals surface area (Å²) in [4.78, 5) is 20.3. The Kier molecular flexibility index (Phi) is 5.57. The predicted octanol–water partition coefficient (Wildman–Crippen LogP) is 2.56. The number of nitrogens with zero attached hydrogens (tertiary/aromatic N) is 4. The molecule has 7 heteroatoms. The second-order valence-electron chi connectivity index (χ2n) is 4.87. The fourth-order valence-electron chi connectivity index (χ4n) is 2.41. The molecule has 1 aliphatic rings. The molecule has 1 unspecified atom stereocenters. The highest BCUT2D eigenvalue weighted by Crippen LogP contribution is 2.20. The first kappa shape index (κ1) is 16.2. The standard InChI is InChI=1S/C14H16BrClN4O/c1-2-11(8-17)19-3-5-20(6-4-19)14(21)12-7-10(15)9-18-13(12)16/h7,9,11H,2-6H2,1H3. The van der Waals surface area contributed by atoms with Crippen LogP contribution in [0.25, 0.3) is 0 Å². The maximum absolute atomic E-state index is 12.5. The Morgan fingerprint density at radius 2 is 2.19 bits per heavy atom. The molecule has 112 valence electrons. The molecule has 1 atom stereocenters. The maximum Gasteiger partial charge on any atom is 0.257 e. The summed E-state index contributed by atoms with van der Waals surface area (Å²) in [5.74, 6) is -0.113. The average molecular weight is 372 g/mol. The van der Waals surface area contributed by atoms with Gasteiger partial charge in [0.15, 0.2) is 0 Å². The third-order valence-corrected chi connectivity index (χ3v) is 4.35. The van der Waals surface area contributed by atoms with Gasteiger partial charge in [0, 0.05) is 36.8 Å². The van der Waals surface area contributed by atoms with Crippen LogP contribution in [0.4, 0.5) is 0 Å². The Morgan fingerprint density at radius 3 is 2.76 bits per heavy atom. The van der Waals surface area contributed by atoms with Crippen molar-refractivity contribution in [3.63, 3.8) is 0 Å². The van der Waals surface area contributed by atoms with Crippen LogP contribution in [0.3, 0.4) is 0 Å². The third kappa shape index (κ3) is 3.73. The van der Waals surface area contributed by atoms with E-state index in [0.29, 0.717) is 31.7 Å². The molecule has 0 radical (unpaired) electrons. The highest BCUT2D eigenvalue weighted by molar-refractivity contribution is 9.10. The number of pyridine rings is 1. The van der Waals surface area contributed by atoms with Gasteiger partial charge < -0.3 is 4.90 Å². The van der Waals surface area contributed by atoms with E-state index in [4.69, 9.17) is 16.9 Å². The number of hydrogen-bond acceptors (Lipinski definition) is 4. The fraction of sp³-hybridized carbons (Fsp3) is 0.500. The molecule has 1 fully saturated rings. The molecule has 21 heavy (non-hydrogen) atoms. The largest absolute Gasteiger partial charge is 0.336 e. The van der Waals surface area contributed by atoms with Crippen LogP contribution in [-0.2, 0) is 0 Å². The smallest absolute Gasteiger partial charge is 0.257 e. The second-order valence-corrected chi connectivity index (χ2v) is 6.15. The number of amides is 1. The summed E-state index contributed by atoms with van der Waals surface area (Å²) in [5, 5.41) is 9.31. The number of rotatable bonds is 3. The van der Waals surface area contributed by atoms with Gasteiger partial charge in [0.1, 0.15) is 5.15 Å². The van der Waals surface area contributed by atoms with Crippen molar-refractivity contribution in [3.8, 4) is 6.07 Å². The van der Waals surface area contributed by atoms with Crippen molar-refractivity contribution < 1.29 is 4.79 Å². The Labute approximate surface area is 137 Å². The first-order chi connectivity index (χ1) is 10.1. The van der Waals surface area contributed by atoms with E-state index < -0.39 is 0 Å². The number of nitriles is 1. The van der Waals surface area contributed by atoms with Crippen LogP contribution in [0.1, 0.15) is 23.7 Å². The molecular weight excluding hydrogens is 356 g/mol. The lowest BCUT2D eigenvalue weighted by Crippen LogP contribution is -2.51. The quantitative estimate of drug-likeness (QED) is 0.766. The third-order valence-electron chi connectivity index (χ3n) is 3.61. The number of carbonyl (C=O) groups excluding carboxylic acids is 1. The van der Waals surface area contributed by atoms with Gasteiger partial charge in [-0.2, -0.15) is 5.26 Å². The van der Waals surface area contributed by atoms with Gasteiger partial charge in [-0.25, -0.2) is 4.98 Å². The van der Waals surface area contributed by atoms with Crippen LogP contribution in [0, 0.1) is 11.3 Å². The van der Waals surface area contributed by atoms with Crippen molar-refractivity contribution >= 4 is 33.4 Å². The van der Waals surface area contributed by atoms with Gasteiger partial charge in [0.05, 0.1) is 17.7 Å². The highest BCUT2D eigenvalue weighted by atomic mass is 79.9. The van der Waals surface area contributed by atoms with E-state index >= 15 is 0 Å². The van der Waals surface area contributed by atoms with Crippen molar-refractivity contribution in [3.05, 3.63) is 27.5 Å². The normalized spacial score (nSPS) is 17.3. The molecule has 1 aliphatic heterocycles. The molecule has 0 bridgehead atoms. The molecular formula is C14H16BrClN4O. The van der Waals surface area contributed by atoms with Crippen LogP contribution in [0.15, 0.2) is 16.7 Å². The Morgan fingerprint density at radius 1 is 1.52 bits per heavy atom. The zero-order chi connectivity index (χ0) is 15.4. The van der Waals surface area contributed by atoms with Crippen LogP contribution in [0.2, 0.25) is 5.15 Å². The molecule has 0 aromatic carbocycles. The van der Waals surface area contributed by atoms with Crippen molar-refractivity contribution in [2.24, 2.45) is 0 Å². The van der Waals surface area contributed by atoms with E-state index in [0.717, 1.165) is 10.9 Å². The Balaban J connectivity index is 2.04. The number of aromatic nitrogens is 1. The zero-order valence-corrected chi connectivity index (χ0v) is 14.1. The van der Waals surface area contributed by atoms with E-state index in [1.807, 2.05) is 6.92 Å². The molecule has 0 N–H and O–H groups in total. The summed E-state index contributed by atoms with van der Waals surface area (Å²) in [5.41, 5.74) is 0.409. The van der Waals surface area contributed by atoms with Gasteiger partial charge in [-0.3, -0.25) is 9.69 Å².